The first-order chi connectivity index (χ1) is 9.15. The molecule has 0 saturated carbocycles. The Hall–Kier alpha value is -1.65. The van der Waals surface area contributed by atoms with Gasteiger partial charge in [0, 0.05) is 17.5 Å². The van der Waals surface area contributed by atoms with Crippen molar-refractivity contribution in [2.45, 2.75) is 25.9 Å². The Balaban J connectivity index is 1.88. The molecule has 2 aromatic rings. The lowest BCUT2D eigenvalue weighted by Gasteiger charge is -2.13. The van der Waals surface area contributed by atoms with E-state index in [2.05, 4.69) is 29.8 Å². The van der Waals surface area contributed by atoms with Crippen LogP contribution in [0.4, 0.5) is 0 Å². The molecule has 0 aliphatic carbocycles. The normalized spacial score (nSPS) is 12.3. The van der Waals surface area contributed by atoms with Gasteiger partial charge in [0.15, 0.2) is 0 Å². The molecule has 1 aromatic carbocycles. The fourth-order valence-corrected chi connectivity index (χ4v) is 2.74. The van der Waals surface area contributed by atoms with Crippen LogP contribution in [0.1, 0.15) is 27.7 Å². The number of hydrogen-bond acceptors (Lipinski definition) is 3. The maximum atomic E-state index is 10.9. The zero-order valence-corrected chi connectivity index (χ0v) is 11.6. The Morgan fingerprint density at radius 2 is 2.21 bits per heavy atom. The molecule has 19 heavy (non-hydrogen) atoms. The van der Waals surface area contributed by atoms with E-state index in [1.54, 1.807) is 29.5 Å². The summed E-state index contributed by atoms with van der Waals surface area (Å²) in [5.74, 6) is -0.881. The van der Waals surface area contributed by atoms with E-state index in [4.69, 9.17) is 5.11 Å². The lowest BCUT2D eigenvalue weighted by atomic mass is 10.1. The Bertz CT molecular complexity index is 537. The molecule has 0 aliphatic rings. The van der Waals surface area contributed by atoms with E-state index in [1.165, 1.54) is 4.88 Å². The number of thiophene rings is 1. The summed E-state index contributed by atoms with van der Waals surface area (Å²) >= 11 is 1.76. The van der Waals surface area contributed by atoms with Crippen LogP contribution in [0.2, 0.25) is 0 Å². The maximum absolute atomic E-state index is 10.9. The average Bonchev–Trinajstić information content (AvgIpc) is 2.89. The highest BCUT2D eigenvalue weighted by Gasteiger charge is 2.06. The lowest BCUT2D eigenvalue weighted by Crippen LogP contribution is -2.27. The largest absolute Gasteiger partial charge is 0.478 e. The Labute approximate surface area is 116 Å². The van der Waals surface area contributed by atoms with Crippen LogP contribution in [0, 0.1) is 0 Å². The van der Waals surface area contributed by atoms with E-state index in [1.807, 2.05) is 6.07 Å². The van der Waals surface area contributed by atoms with E-state index in [-0.39, 0.29) is 0 Å². The van der Waals surface area contributed by atoms with Gasteiger partial charge in [-0.15, -0.1) is 11.3 Å². The first-order valence-corrected chi connectivity index (χ1v) is 7.11. The van der Waals surface area contributed by atoms with E-state index in [0.717, 1.165) is 12.0 Å². The third-order valence-electron chi connectivity index (χ3n) is 2.92. The number of carbonyl (C=O) groups is 1. The molecule has 1 aromatic heterocycles. The van der Waals surface area contributed by atoms with Crippen molar-refractivity contribution in [3.05, 3.63) is 57.8 Å². The summed E-state index contributed by atoms with van der Waals surface area (Å²) in [6.07, 6.45) is 0.996. The van der Waals surface area contributed by atoms with Crippen LogP contribution < -0.4 is 5.32 Å². The molecule has 0 amide bonds. The first-order valence-electron chi connectivity index (χ1n) is 6.23. The Morgan fingerprint density at radius 1 is 1.37 bits per heavy atom. The summed E-state index contributed by atoms with van der Waals surface area (Å²) in [5, 5.41) is 14.4. The fourth-order valence-electron chi connectivity index (χ4n) is 1.91. The van der Waals surface area contributed by atoms with Crippen molar-refractivity contribution in [1.82, 2.24) is 5.32 Å². The predicted octanol–water partition coefficient (Wildman–Crippen LogP) is 3.17. The topological polar surface area (TPSA) is 49.3 Å². The summed E-state index contributed by atoms with van der Waals surface area (Å²) in [7, 11) is 0. The van der Waals surface area contributed by atoms with Gasteiger partial charge in [0.25, 0.3) is 0 Å². The third-order valence-corrected chi connectivity index (χ3v) is 3.81. The Kier molecular flexibility index (Phi) is 4.71. The monoisotopic (exact) mass is 275 g/mol. The number of carboxylic acids is 1. The highest BCUT2D eigenvalue weighted by Crippen LogP contribution is 2.11. The van der Waals surface area contributed by atoms with E-state index in [0.29, 0.717) is 18.2 Å². The second kappa shape index (κ2) is 6.50. The van der Waals surface area contributed by atoms with E-state index in [9.17, 15) is 4.79 Å². The minimum Gasteiger partial charge on any atom is -0.478 e. The van der Waals surface area contributed by atoms with Crippen molar-refractivity contribution in [3.63, 3.8) is 0 Å². The molecule has 100 valence electrons. The summed E-state index contributed by atoms with van der Waals surface area (Å²) in [5.41, 5.74) is 1.34. The van der Waals surface area contributed by atoms with Crippen LogP contribution in [0.3, 0.4) is 0 Å². The van der Waals surface area contributed by atoms with E-state index < -0.39 is 5.97 Å². The second-order valence-electron chi connectivity index (χ2n) is 4.57. The molecule has 3 nitrogen and oxygen atoms in total. The van der Waals surface area contributed by atoms with Gasteiger partial charge in [-0.3, -0.25) is 0 Å². The predicted molar refractivity (Wildman–Crippen MR) is 77.7 cm³/mol. The SMILES string of the molecule is CC(Cc1cccs1)NCc1cccc(C(=O)O)c1. The molecule has 1 unspecified atom stereocenters. The van der Waals surface area contributed by atoms with Gasteiger partial charge in [-0.1, -0.05) is 18.2 Å². The van der Waals surface area contributed by atoms with Crippen molar-refractivity contribution in [3.8, 4) is 0 Å². The molecule has 0 radical (unpaired) electrons. The van der Waals surface area contributed by atoms with Crippen molar-refractivity contribution in [1.29, 1.82) is 0 Å². The number of benzene rings is 1. The van der Waals surface area contributed by atoms with Crippen molar-refractivity contribution >= 4 is 17.3 Å². The van der Waals surface area contributed by atoms with Gasteiger partial charge >= 0.3 is 5.97 Å². The molecule has 0 fully saturated rings. The minimum atomic E-state index is -0.881. The summed E-state index contributed by atoms with van der Waals surface area (Å²) < 4.78 is 0. The zero-order valence-electron chi connectivity index (χ0n) is 10.8. The van der Waals surface area contributed by atoms with Crippen LogP contribution in [0.25, 0.3) is 0 Å². The molecule has 0 bridgehead atoms. The highest BCUT2D eigenvalue weighted by molar-refractivity contribution is 7.09. The van der Waals surface area contributed by atoms with Crippen molar-refractivity contribution in [2.75, 3.05) is 0 Å². The van der Waals surface area contributed by atoms with E-state index >= 15 is 0 Å². The number of nitrogens with one attached hydrogen (secondary N) is 1. The molecule has 0 aliphatic heterocycles. The van der Waals surface area contributed by atoms with Gasteiger partial charge in [-0.25, -0.2) is 4.79 Å². The number of carboxylic acid groups (broad SMARTS) is 1. The molecule has 0 saturated heterocycles. The minimum absolute atomic E-state index is 0.338. The second-order valence-corrected chi connectivity index (χ2v) is 5.60. The number of rotatable bonds is 6. The fraction of sp³-hybridized carbons (Fsp3) is 0.267. The molecular weight excluding hydrogens is 258 g/mol. The summed E-state index contributed by atoms with van der Waals surface area (Å²) in [6.45, 7) is 2.83. The smallest absolute Gasteiger partial charge is 0.335 e. The van der Waals surface area contributed by atoms with Gasteiger partial charge in [-0.05, 0) is 42.5 Å². The lowest BCUT2D eigenvalue weighted by molar-refractivity contribution is 0.0697. The number of aromatic carboxylic acids is 1. The Morgan fingerprint density at radius 3 is 2.89 bits per heavy atom. The van der Waals surface area contributed by atoms with Gasteiger partial charge in [-0.2, -0.15) is 0 Å². The van der Waals surface area contributed by atoms with Crippen LogP contribution in [-0.4, -0.2) is 17.1 Å². The molecular formula is C15H17NO2S. The number of hydrogen-bond donors (Lipinski definition) is 2. The van der Waals surface area contributed by atoms with Crippen molar-refractivity contribution < 1.29 is 9.90 Å². The van der Waals surface area contributed by atoms with Crippen LogP contribution >= 0.6 is 11.3 Å². The maximum Gasteiger partial charge on any atom is 0.335 e. The first kappa shape index (κ1) is 13.8. The quantitative estimate of drug-likeness (QED) is 0.851. The molecule has 2 rings (SSSR count). The van der Waals surface area contributed by atoms with Crippen molar-refractivity contribution in [2.24, 2.45) is 0 Å². The van der Waals surface area contributed by atoms with Gasteiger partial charge < -0.3 is 10.4 Å². The van der Waals surface area contributed by atoms with Gasteiger partial charge in [0.2, 0.25) is 0 Å². The summed E-state index contributed by atoms with van der Waals surface area (Å²) in [6, 6.07) is 11.6. The van der Waals surface area contributed by atoms with Crippen LogP contribution in [0.15, 0.2) is 41.8 Å². The molecule has 1 atom stereocenters. The summed E-state index contributed by atoms with van der Waals surface area (Å²) in [4.78, 5) is 12.2. The third kappa shape index (κ3) is 4.19. The zero-order chi connectivity index (χ0) is 13.7. The average molecular weight is 275 g/mol. The molecule has 2 N–H and O–H groups in total. The molecule has 0 spiro atoms. The standard InChI is InChI=1S/C15H17NO2S/c1-11(8-14-6-3-7-19-14)16-10-12-4-2-5-13(9-12)15(17)18/h2-7,9,11,16H,8,10H2,1H3,(H,17,18). The van der Waals surface area contributed by atoms with Crippen LogP contribution in [0.5, 0.6) is 0 Å². The van der Waals surface area contributed by atoms with Gasteiger partial charge in [0.05, 0.1) is 5.56 Å². The molecule has 1 heterocycles. The van der Waals surface area contributed by atoms with Gasteiger partial charge in [0.1, 0.15) is 0 Å². The highest BCUT2D eigenvalue weighted by atomic mass is 32.1. The molecule has 4 heteroatoms. The van der Waals surface area contributed by atoms with Crippen LogP contribution in [-0.2, 0) is 13.0 Å².